The van der Waals surface area contributed by atoms with E-state index in [-0.39, 0.29) is 5.91 Å². The van der Waals surface area contributed by atoms with Crippen LogP contribution in [0.2, 0.25) is 0 Å². The summed E-state index contributed by atoms with van der Waals surface area (Å²) in [6.45, 7) is 0.622. The Bertz CT molecular complexity index is 863. The van der Waals surface area contributed by atoms with Crippen LogP contribution in [-0.4, -0.2) is 32.0 Å². The number of benzene rings is 3. The second-order valence-corrected chi connectivity index (χ2v) is 6.63. The lowest BCUT2D eigenvalue weighted by Crippen LogP contribution is -2.27. The molecule has 0 atom stereocenters. The SMILES string of the molecule is CN(Cc1ccc(N(C)C)cc1)C(=O)Cc1cccc2ccccc12. The number of carbonyl (C=O) groups is 1. The molecule has 128 valence electrons. The number of anilines is 1. The molecule has 0 aliphatic heterocycles. The minimum Gasteiger partial charge on any atom is -0.378 e. The molecule has 0 aliphatic carbocycles. The molecule has 3 aromatic rings. The summed E-state index contributed by atoms with van der Waals surface area (Å²) in [6.07, 6.45) is 0.424. The number of hydrogen-bond donors (Lipinski definition) is 0. The molecule has 0 fully saturated rings. The van der Waals surface area contributed by atoms with Crippen LogP contribution < -0.4 is 4.90 Å². The number of carbonyl (C=O) groups excluding carboxylic acids is 1. The van der Waals surface area contributed by atoms with Crippen molar-refractivity contribution in [1.29, 1.82) is 0 Å². The molecule has 0 saturated heterocycles. The molecular formula is C22H24N2O. The summed E-state index contributed by atoms with van der Waals surface area (Å²) in [7, 11) is 5.91. The molecule has 0 unspecified atom stereocenters. The third-order valence-corrected chi connectivity index (χ3v) is 4.52. The minimum atomic E-state index is 0.132. The first-order chi connectivity index (χ1) is 12.0. The van der Waals surface area contributed by atoms with Crippen molar-refractivity contribution < 1.29 is 4.79 Å². The topological polar surface area (TPSA) is 23.6 Å². The van der Waals surface area contributed by atoms with E-state index in [2.05, 4.69) is 47.4 Å². The first kappa shape index (κ1) is 17.0. The molecule has 0 aromatic heterocycles. The van der Waals surface area contributed by atoms with Gasteiger partial charge in [-0.2, -0.15) is 0 Å². The molecule has 0 aliphatic rings. The van der Waals surface area contributed by atoms with E-state index in [1.165, 1.54) is 5.39 Å². The highest BCUT2D eigenvalue weighted by atomic mass is 16.2. The predicted octanol–water partition coefficient (Wildman–Crippen LogP) is 4.11. The quantitative estimate of drug-likeness (QED) is 0.702. The van der Waals surface area contributed by atoms with Crippen molar-refractivity contribution in [2.75, 3.05) is 26.0 Å². The van der Waals surface area contributed by atoms with Crippen LogP contribution in [-0.2, 0) is 17.8 Å². The molecular weight excluding hydrogens is 308 g/mol. The molecule has 25 heavy (non-hydrogen) atoms. The summed E-state index contributed by atoms with van der Waals surface area (Å²) in [6, 6.07) is 22.7. The van der Waals surface area contributed by atoms with Gasteiger partial charge in [-0.15, -0.1) is 0 Å². The highest BCUT2D eigenvalue weighted by Gasteiger charge is 2.12. The van der Waals surface area contributed by atoms with Crippen molar-refractivity contribution in [1.82, 2.24) is 4.90 Å². The largest absolute Gasteiger partial charge is 0.378 e. The summed E-state index contributed by atoms with van der Waals surface area (Å²) in [5, 5.41) is 2.33. The Kier molecular flexibility index (Phi) is 5.03. The fraction of sp³-hybridized carbons (Fsp3) is 0.227. The van der Waals surface area contributed by atoms with Gasteiger partial charge in [0, 0.05) is 33.4 Å². The Balaban J connectivity index is 1.70. The highest BCUT2D eigenvalue weighted by molar-refractivity contribution is 5.90. The number of fused-ring (bicyclic) bond motifs is 1. The maximum atomic E-state index is 12.7. The van der Waals surface area contributed by atoms with Gasteiger partial charge in [-0.3, -0.25) is 4.79 Å². The molecule has 0 spiro atoms. The number of nitrogens with zero attached hydrogens (tertiary/aromatic N) is 2. The smallest absolute Gasteiger partial charge is 0.227 e. The summed E-state index contributed by atoms with van der Waals surface area (Å²) in [5.41, 5.74) is 3.38. The number of hydrogen-bond acceptors (Lipinski definition) is 2. The fourth-order valence-corrected chi connectivity index (χ4v) is 3.01. The van der Waals surface area contributed by atoms with Crippen LogP contribution in [0.5, 0.6) is 0 Å². The van der Waals surface area contributed by atoms with Gasteiger partial charge < -0.3 is 9.80 Å². The summed E-state index contributed by atoms with van der Waals surface area (Å²) >= 11 is 0. The monoisotopic (exact) mass is 332 g/mol. The minimum absolute atomic E-state index is 0.132. The van der Waals surface area contributed by atoms with Crippen molar-refractivity contribution in [2.24, 2.45) is 0 Å². The molecule has 0 radical (unpaired) electrons. The Morgan fingerprint density at radius 3 is 2.24 bits per heavy atom. The maximum absolute atomic E-state index is 12.7. The van der Waals surface area contributed by atoms with E-state index in [9.17, 15) is 4.79 Å². The maximum Gasteiger partial charge on any atom is 0.227 e. The van der Waals surface area contributed by atoms with Crippen molar-refractivity contribution in [3.63, 3.8) is 0 Å². The number of amides is 1. The van der Waals surface area contributed by atoms with Gasteiger partial charge in [0.2, 0.25) is 5.91 Å². The van der Waals surface area contributed by atoms with E-state index >= 15 is 0 Å². The average Bonchev–Trinajstić information content (AvgIpc) is 2.62. The lowest BCUT2D eigenvalue weighted by Gasteiger charge is -2.19. The third-order valence-electron chi connectivity index (χ3n) is 4.52. The van der Waals surface area contributed by atoms with E-state index in [0.717, 1.165) is 22.2 Å². The molecule has 3 aromatic carbocycles. The van der Waals surface area contributed by atoms with E-state index in [1.807, 2.05) is 45.4 Å². The van der Waals surface area contributed by atoms with Crippen LogP contribution in [0.25, 0.3) is 10.8 Å². The van der Waals surface area contributed by atoms with Crippen molar-refractivity contribution >= 4 is 22.4 Å². The van der Waals surface area contributed by atoms with Gasteiger partial charge in [0.25, 0.3) is 0 Å². The van der Waals surface area contributed by atoms with Crippen molar-refractivity contribution in [2.45, 2.75) is 13.0 Å². The molecule has 0 saturated carbocycles. The van der Waals surface area contributed by atoms with Gasteiger partial charge >= 0.3 is 0 Å². The van der Waals surface area contributed by atoms with Crippen LogP contribution in [0.1, 0.15) is 11.1 Å². The van der Waals surface area contributed by atoms with Gasteiger partial charge in [0.05, 0.1) is 6.42 Å². The Labute approximate surface area is 149 Å². The second-order valence-electron chi connectivity index (χ2n) is 6.63. The van der Waals surface area contributed by atoms with Crippen LogP contribution in [0.15, 0.2) is 66.7 Å². The van der Waals surface area contributed by atoms with E-state index < -0.39 is 0 Å². The van der Waals surface area contributed by atoms with Gasteiger partial charge in [-0.05, 0) is 34.0 Å². The fourth-order valence-electron chi connectivity index (χ4n) is 3.01. The first-order valence-corrected chi connectivity index (χ1v) is 8.51. The lowest BCUT2D eigenvalue weighted by molar-refractivity contribution is -0.129. The molecule has 1 amide bonds. The summed E-state index contributed by atoms with van der Waals surface area (Å²) in [5.74, 6) is 0.132. The van der Waals surface area contributed by atoms with E-state index in [0.29, 0.717) is 13.0 Å². The van der Waals surface area contributed by atoms with Gasteiger partial charge in [0.15, 0.2) is 0 Å². The molecule has 0 bridgehead atoms. The first-order valence-electron chi connectivity index (χ1n) is 8.51. The van der Waals surface area contributed by atoms with Crippen molar-refractivity contribution in [3.8, 4) is 0 Å². The predicted molar refractivity (Wildman–Crippen MR) is 105 cm³/mol. The zero-order valence-electron chi connectivity index (χ0n) is 15.1. The molecule has 3 heteroatoms. The van der Waals surface area contributed by atoms with E-state index in [1.54, 1.807) is 4.90 Å². The highest BCUT2D eigenvalue weighted by Crippen LogP contribution is 2.20. The zero-order chi connectivity index (χ0) is 17.8. The normalized spacial score (nSPS) is 10.7. The van der Waals surface area contributed by atoms with Crippen LogP contribution in [0, 0.1) is 0 Å². The molecule has 3 rings (SSSR count). The van der Waals surface area contributed by atoms with E-state index in [4.69, 9.17) is 0 Å². The van der Waals surface area contributed by atoms with Crippen LogP contribution >= 0.6 is 0 Å². The zero-order valence-corrected chi connectivity index (χ0v) is 15.1. The molecule has 0 N–H and O–H groups in total. The summed E-state index contributed by atoms with van der Waals surface area (Å²) in [4.78, 5) is 16.5. The van der Waals surface area contributed by atoms with Crippen LogP contribution in [0.3, 0.4) is 0 Å². The second kappa shape index (κ2) is 7.39. The molecule has 0 heterocycles. The standard InChI is InChI=1S/C22H24N2O/c1-23(2)20-13-11-17(12-14-20)16-24(3)22(25)15-19-9-6-8-18-7-4-5-10-21(18)19/h4-14H,15-16H2,1-3H3. The Hall–Kier alpha value is -2.81. The third kappa shape index (κ3) is 4.00. The Morgan fingerprint density at radius 2 is 1.52 bits per heavy atom. The average molecular weight is 332 g/mol. The number of likely N-dealkylation sites (N-methyl/N-ethyl adjacent to an activating group) is 1. The lowest BCUT2D eigenvalue weighted by atomic mass is 10.0. The summed E-state index contributed by atoms with van der Waals surface area (Å²) < 4.78 is 0. The molecule has 3 nitrogen and oxygen atoms in total. The van der Waals surface area contributed by atoms with Gasteiger partial charge in [-0.25, -0.2) is 0 Å². The Morgan fingerprint density at radius 1 is 0.840 bits per heavy atom. The van der Waals surface area contributed by atoms with Crippen LogP contribution in [0.4, 0.5) is 5.69 Å². The number of rotatable bonds is 5. The van der Waals surface area contributed by atoms with Crippen molar-refractivity contribution in [3.05, 3.63) is 77.9 Å². The van der Waals surface area contributed by atoms with Gasteiger partial charge in [0.1, 0.15) is 0 Å². The van der Waals surface area contributed by atoms with Gasteiger partial charge in [-0.1, -0.05) is 54.6 Å².